The number of carbonyl (C=O) groups is 1. The number of guanidine groups is 1. The van der Waals surface area contributed by atoms with E-state index in [1.807, 2.05) is 43.0 Å². The molecular formula is C21H36IN5O2. The fourth-order valence-corrected chi connectivity index (χ4v) is 3.12. The van der Waals surface area contributed by atoms with Crippen LogP contribution < -0.4 is 10.6 Å². The molecule has 0 saturated carbocycles. The average molecular weight is 517 g/mol. The van der Waals surface area contributed by atoms with Gasteiger partial charge in [0, 0.05) is 51.4 Å². The molecule has 0 unspecified atom stereocenters. The summed E-state index contributed by atoms with van der Waals surface area (Å²) in [6, 6.07) is 7.75. The van der Waals surface area contributed by atoms with Gasteiger partial charge < -0.3 is 20.3 Å². The van der Waals surface area contributed by atoms with Crippen LogP contribution in [0.3, 0.4) is 0 Å². The quantitative estimate of drug-likeness (QED) is 0.299. The summed E-state index contributed by atoms with van der Waals surface area (Å²) < 4.78 is 5.38. The van der Waals surface area contributed by atoms with Crippen molar-refractivity contribution in [3.8, 4) is 0 Å². The molecule has 164 valence electrons. The molecule has 7 nitrogen and oxygen atoms in total. The van der Waals surface area contributed by atoms with E-state index in [0.29, 0.717) is 6.54 Å². The molecule has 1 amide bonds. The van der Waals surface area contributed by atoms with Crippen LogP contribution >= 0.6 is 24.0 Å². The number of rotatable bonds is 9. The topological polar surface area (TPSA) is 69.2 Å². The largest absolute Gasteiger partial charge is 0.379 e. The number of morpholine rings is 1. The molecule has 1 heterocycles. The number of halogens is 1. The standard InChI is InChI=1S/C21H35N5O2.HI/c1-4-22-21(23-11-12-25-13-15-28-16-14-25)24-17-18-7-9-19(10-8-18)20(27)26(5-2)6-3;/h7-10H,4-6,11-17H2,1-3H3,(H2,22,23,24);1H. The van der Waals surface area contributed by atoms with E-state index in [9.17, 15) is 4.79 Å². The van der Waals surface area contributed by atoms with E-state index in [2.05, 4.69) is 27.4 Å². The van der Waals surface area contributed by atoms with Crippen molar-refractivity contribution >= 4 is 35.8 Å². The molecule has 2 rings (SSSR count). The van der Waals surface area contributed by atoms with Gasteiger partial charge in [0.15, 0.2) is 5.96 Å². The fourth-order valence-electron chi connectivity index (χ4n) is 3.12. The second kappa shape index (κ2) is 14.6. The molecule has 0 aromatic heterocycles. The Balaban J connectivity index is 0.00000420. The van der Waals surface area contributed by atoms with Crippen LogP contribution in [0, 0.1) is 0 Å². The van der Waals surface area contributed by atoms with Crippen molar-refractivity contribution in [1.29, 1.82) is 0 Å². The number of carbonyl (C=O) groups excluding carboxylic acids is 1. The molecule has 0 spiro atoms. The summed E-state index contributed by atoms with van der Waals surface area (Å²) >= 11 is 0. The van der Waals surface area contributed by atoms with Gasteiger partial charge in [0.25, 0.3) is 5.91 Å². The van der Waals surface area contributed by atoms with Crippen molar-refractivity contribution in [3.05, 3.63) is 35.4 Å². The molecule has 2 N–H and O–H groups in total. The third kappa shape index (κ3) is 8.88. The third-order valence-corrected chi connectivity index (χ3v) is 4.84. The molecule has 29 heavy (non-hydrogen) atoms. The summed E-state index contributed by atoms with van der Waals surface area (Å²) in [5.74, 6) is 0.900. The van der Waals surface area contributed by atoms with E-state index in [0.717, 1.165) is 76.1 Å². The Morgan fingerprint density at radius 3 is 2.34 bits per heavy atom. The van der Waals surface area contributed by atoms with Gasteiger partial charge in [0.05, 0.1) is 19.8 Å². The van der Waals surface area contributed by atoms with E-state index in [1.54, 1.807) is 0 Å². The lowest BCUT2D eigenvalue weighted by Crippen LogP contribution is -2.44. The zero-order valence-electron chi connectivity index (χ0n) is 17.9. The van der Waals surface area contributed by atoms with Crippen molar-refractivity contribution in [2.24, 2.45) is 4.99 Å². The lowest BCUT2D eigenvalue weighted by Gasteiger charge is -2.26. The first-order valence-corrected chi connectivity index (χ1v) is 10.4. The van der Waals surface area contributed by atoms with Gasteiger partial charge in [-0.25, -0.2) is 4.99 Å². The first-order valence-electron chi connectivity index (χ1n) is 10.4. The highest BCUT2D eigenvalue weighted by molar-refractivity contribution is 14.0. The Morgan fingerprint density at radius 2 is 1.76 bits per heavy atom. The number of amides is 1. The zero-order valence-corrected chi connectivity index (χ0v) is 20.3. The minimum Gasteiger partial charge on any atom is -0.379 e. The van der Waals surface area contributed by atoms with E-state index in [-0.39, 0.29) is 29.9 Å². The molecule has 0 bridgehead atoms. The first-order chi connectivity index (χ1) is 13.7. The van der Waals surface area contributed by atoms with Crippen LogP contribution in [-0.2, 0) is 11.3 Å². The highest BCUT2D eigenvalue weighted by Crippen LogP contribution is 2.09. The van der Waals surface area contributed by atoms with Gasteiger partial charge in [-0.2, -0.15) is 0 Å². The SMILES string of the molecule is CCNC(=NCc1ccc(C(=O)N(CC)CC)cc1)NCCN1CCOCC1.I. The molecule has 0 radical (unpaired) electrons. The lowest BCUT2D eigenvalue weighted by atomic mass is 10.1. The van der Waals surface area contributed by atoms with Crippen LogP contribution in [0.5, 0.6) is 0 Å². The summed E-state index contributed by atoms with van der Waals surface area (Å²) in [7, 11) is 0. The van der Waals surface area contributed by atoms with E-state index in [1.165, 1.54) is 0 Å². The maximum Gasteiger partial charge on any atom is 0.253 e. The number of aliphatic imine (C=N–C) groups is 1. The Labute approximate surface area is 192 Å². The Hall–Kier alpha value is -1.39. The number of nitrogens with zero attached hydrogens (tertiary/aromatic N) is 3. The number of ether oxygens (including phenoxy) is 1. The number of nitrogens with one attached hydrogen (secondary N) is 2. The second-order valence-electron chi connectivity index (χ2n) is 6.75. The Morgan fingerprint density at radius 1 is 1.10 bits per heavy atom. The van der Waals surface area contributed by atoms with Gasteiger partial charge in [-0.3, -0.25) is 9.69 Å². The minimum absolute atomic E-state index is 0. The van der Waals surface area contributed by atoms with E-state index in [4.69, 9.17) is 4.74 Å². The molecule has 1 aliphatic heterocycles. The van der Waals surface area contributed by atoms with Crippen LogP contribution in [0.15, 0.2) is 29.3 Å². The molecular weight excluding hydrogens is 481 g/mol. The van der Waals surface area contributed by atoms with E-state index < -0.39 is 0 Å². The van der Waals surface area contributed by atoms with Crippen LogP contribution in [0.2, 0.25) is 0 Å². The molecule has 1 aliphatic rings. The first kappa shape index (κ1) is 25.6. The van der Waals surface area contributed by atoms with Gasteiger partial charge in [-0.15, -0.1) is 24.0 Å². The molecule has 1 fully saturated rings. The van der Waals surface area contributed by atoms with Crippen LogP contribution in [-0.4, -0.2) is 80.7 Å². The maximum absolute atomic E-state index is 12.4. The molecule has 0 aliphatic carbocycles. The minimum atomic E-state index is 0. The summed E-state index contributed by atoms with van der Waals surface area (Å²) in [5.41, 5.74) is 1.81. The predicted octanol–water partition coefficient (Wildman–Crippen LogP) is 2.17. The Kier molecular flexibility index (Phi) is 12.9. The molecule has 0 atom stereocenters. The average Bonchev–Trinajstić information content (AvgIpc) is 2.74. The van der Waals surface area contributed by atoms with Gasteiger partial charge in [0.1, 0.15) is 0 Å². The summed E-state index contributed by atoms with van der Waals surface area (Å²) in [4.78, 5) is 21.3. The van der Waals surface area contributed by atoms with Crippen molar-refractivity contribution in [2.45, 2.75) is 27.3 Å². The predicted molar refractivity (Wildman–Crippen MR) is 129 cm³/mol. The summed E-state index contributed by atoms with van der Waals surface area (Å²) in [6.07, 6.45) is 0. The van der Waals surface area contributed by atoms with Crippen LogP contribution in [0.4, 0.5) is 0 Å². The van der Waals surface area contributed by atoms with Crippen molar-refractivity contribution in [3.63, 3.8) is 0 Å². The van der Waals surface area contributed by atoms with Gasteiger partial charge in [0.2, 0.25) is 0 Å². The number of hydrogen-bond donors (Lipinski definition) is 2. The van der Waals surface area contributed by atoms with Crippen molar-refractivity contribution in [2.75, 3.05) is 59.0 Å². The number of hydrogen-bond acceptors (Lipinski definition) is 4. The smallest absolute Gasteiger partial charge is 0.253 e. The monoisotopic (exact) mass is 517 g/mol. The third-order valence-electron chi connectivity index (χ3n) is 4.84. The van der Waals surface area contributed by atoms with E-state index >= 15 is 0 Å². The Bertz CT molecular complexity index is 614. The fraction of sp³-hybridized carbons (Fsp3) is 0.619. The summed E-state index contributed by atoms with van der Waals surface area (Å²) in [5, 5.41) is 6.68. The van der Waals surface area contributed by atoms with Gasteiger partial charge in [-0.05, 0) is 38.5 Å². The zero-order chi connectivity index (χ0) is 20.2. The maximum atomic E-state index is 12.4. The van der Waals surface area contributed by atoms with Crippen molar-refractivity contribution < 1.29 is 9.53 Å². The van der Waals surface area contributed by atoms with Gasteiger partial charge >= 0.3 is 0 Å². The van der Waals surface area contributed by atoms with Crippen LogP contribution in [0.1, 0.15) is 36.7 Å². The number of benzene rings is 1. The van der Waals surface area contributed by atoms with Gasteiger partial charge in [-0.1, -0.05) is 12.1 Å². The molecule has 8 heteroatoms. The molecule has 1 aromatic carbocycles. The van der Waals surface area contributed by atoms with Crippen molar-refractivity contribution in [1.82, 2.24) is 20.4 Å². The highest BCUT2D eigenvalue weighted by Gasteiger charge is 2.12. The molecule has 1 saturated heterocycles. The van der Waals surface area contributed by atoms with Crippen LogP contribution in [0.25, 0.3) is 0 Å². The lowest BCUT2D eigenvalue weighted by molar-refractivity contribution is 0.0389. The molecule has 1 aromatic rings. The highest BCUT2D eigenvalue weighted by atomic mass is 127. The summed E-state index contributed by atoms with van der Waals surface area (Å²) in [6.45, 7) is 14.4. The second-order valence-corrected chi connectivity index (χ2v) is 6.75. The normalized spacial score (nSPS) is 14.8.